The van der Waals surface area contributed by atoms with Crippen molar-refractivity contribution in [2.24, 2.45) is 5.92 Å². The first-order chi connectivity index (χ1) is 15.1. The first-order valence-electron chi connectivity index (χ1n) is 10.6. The predicted octanol–water partition coefficient (Wildman–Crippen LogP) is 2.69. The molecule has 0 spiro atoms. The Bertz CT molecular complexity index is 1050. The molecular formula is C25H25N3O3. The van der Waals surface area contributed by atoms with Crippen molar-refractivity contribution in [2.75, 3.05) is 18.0 Å². The fraction of sp³-hybridized carbons (Fsp3) is 0.320. The van der Waals surface area contributed by atoms with Gasteiger partial charge in [-0.2, -0.15) is 5.26 Å². The van der Waals surface area contributed by atoms with Crippen molar-refractivity contribution in [3.8, 4) is 11.8 Å². The molecule has 0 fully saturated rings. The molecule has 2 N–H and O–H groups in total. The van der Waals surface area contributed by atoms with Gasteiger partial charge in [0, 0.05) is 24.9 Å². The summed E-state index contributed by atoms with van der Waals surface area (Å²) in [4.78, 5) is 26.9. The summed E-state index contributed by atoms with van der Waals surface area (Å²) in [5.41, 5.74) is 3.18. The van der Waals surface area contributed by atoms with Gasteiger partial charge in [0.05, 0.1) is 12.0 Å². The molecule has 1 amide bonds. The van der Waals surface area contributed by atoms with Crippen LogP contribution in [0.5, 0.6) is 5.75 Å². The molecule has 0 saturated carbocycles. The van der Waals surface area contributed by atoms with E-state index in [1.165, 1.54) is 11.6 Å². The molecule has 2 heterocycles. The number of aldehydes is 1. The third-order valence-electron chi connectivity index (χ3n) is 6.25. The average molecular weight is 415 g/mol. The SMILES string of the molecule is N#CC1Cc2cccc3c2N(CCC3)C1(C=O)C=CC(=O)NCCc1ccc(O)cc1. The number of nitriles is 1. The number of carbonyl (C=O) groups excluding carboxylic acids is 2. The highest BCUT2D eigenvalue weighted by atomic mass is 16.3. The fourth-order valence-electron chi connectivity index (χ4n) is 4.66. The molecule has 0 saturated heterocycles. The molecule has 6 heteroatoms. The molecule has 2 aromatic rings. The number of hydrogen-bond acceptors (Lipinski definition) is 5. The summed E-state index contributed by atoms with van der Waals surface area (Å²) in [7, 11) is 0. The van der Waals surface area contributed by atoms with Crippen LogP contribution in [0.1, 0.15) is 23.1 Å². The summed E-state index contributed by atoms with van der Waals surface area (Å²) in [5.74, 6) is -0.656. The highest BCUT2D eigenvalue weighted by Crippen LogP contribution is 2.44. The quantitative estimate of drug-likeness (QED) is 0.559. The molecule has 0 aromatic heterocycles. The molecule has 2 aliphatic heterocycles. The minimum Gasteiger partial charge on any atom is -0.508 e. The zero-order valence-corrected chi connectivity index (χ0v) is 17.3. The number of rotatable bonds is 6. The normalized spacial score (nSPS) is 21.9. The molecule has 158 valence electrons. The van der Waals surface area contributed by atoms with Gasteiger partial charge in [-0.3, -0.25) is 4.79 Å². The Hall–Kier alpha value is -3.59. The van der Waals surface area contributed by atoms with Crippen molar-refractivity contribution in [1.82, 2.24) is 5.32 Å². The number of nitrogens with one attached hydrogen (secondary N) is 1. The fourth-order valence-corrected chi connectivity index (χ4v) is 4.66. The molecular weight excluding hydrogens is 390 g/mol. The Balaban J connectivity index is 1.52. The van der Waals surface area contributed by atoms with Crippen LogP contribution in [-0.2, 0) is 28.9 Å². The second-order valence-corrected chi connectivity index (χ2v) is 8.11. The molecule has 0 aliphatic carbocycles. The number of hydrogen-bond donors (Lipinski definition) is 2. The maximum atomic E-state index is 12.4. The molecule has 2 atom stereocenters. The van der Waals surface area contributed by atoms with E-state index in [1.54, 1.807) is 18.2 Å². The van der Waals surface area contributed by atoms with Gasteiger partial charge in [-0.15, -0.1) is 0 Å². The third-order valence-corrected chi connectivity index (χ3v) is 6.25. The van der Waals surface area contributed by atoms with Crippen LogP contribution in [0.2, 0.25) is 0 Å². The molecule has 0 radical (unpaired) electrons. The monoisotopic (exact) mass is 415 g/mol. The number of anilines is 1. The average Bonchev–Trinajstić information content (AvgIpc) is 2.80. The second kappa shape index (κ2) is 8.65. The highest BCUT2D eigenvalue weighted by molar-refractivity contribution is 5.90. The maximum absolute atomic E-state index is 12.4. The zero-order chi connectivity index (χ0) is 21.8. The number of nitrogens with zero attached hydrogens (tertiary/aromatic N) is 2. The summed E-state index contributed by atoms with van der Waals surface area (Å²) in [5, 5.41) is 22.0. The largest absolute Gasteiger partial charge is 0.508 e. The van der Waals surface area contributed by atoms with Crippen LogP contribution in [0.3, 0.4) is 0 Å². The molecule has 6 nitrogen and oxygen atoms in total. The van der Waals surface area contributed by atoms with E-state index < -0.39 is 11.5 Å². The Kier molecular flexibility index (Phi) is 5.77. The lowest BCUT2D eigenvalue weighted by atomic mass is 9.73. The van der Waals surface area contributed by atoms with Gasteiger partial charge >= 0.3 is 0 Å². The molecule has 0 bridgehead atoms. The van der Waals surface area contributed by atoms with E-state index in [4.69, 9.17) is 0 Å². The Morgan fingerprint density at radius 2 is 2.03 bits per heavy atom. The maximum Gasteiger partial charge on any atom is 0.243 e. The van der Waals surface area contributed by atoms with Gasteiger partial charge in [-0.25, -0.2) is 0 Å². The summed E-state index contributed by atoms with van der Waals surface area (Å²) < 4.78 is 0. The van der Waals surface area contributed by atoms with Crippen LogP contribution < -0.4 is 10.2 Å². The number of benzene rings is 2. The third kappa shape index (κ3) is 3.91. The van der Waals surface area contributed by atoms with Crippen molar-refractivity contribution < 1.29 is 14.7 Å². The molecule has 2 aliphatic rings. The number of aromatic hydroxyl groups is 1. The summed E-state index contributed by atoms with van der Waals surface area (Å²) in [6.45, 7) is 1.11. The topological polar surface area (TPSA) is 93.4 Å². The summed E-state index contributed by atoms with van der Waals surface area (Å²) in [6, 6.07) is 15.3. The van der Waals surface area contributed by atoms with Crippen LogP contribution in [0, 0.1) is 17.2 Å². The van der Waals surface area contributed by atoms with Gasteiger partial charge < -0.3 is 20.1 Å². The molecule has 2 unspecified atom stereocenters. The van der Waals surface area contributed by atoms with E-state index >= 15 is 0 Å². The second-order valence-electron chi connectivity index (χ2n) is 8.11. The van der Waals surface area contributed by atoms with Gasteiger partial charge in [0.2, 0.25) is 5.91 Å². The predicted molar refractivity (Wildman–Crippen MR) is 118 cm³/mol. The van der Waals surface area contributed by atoms with Crippen LogP contribution in [0.4, 0.5) is 5.69 Å². The number of para-hydroxylation sites is 1. The highest BCUT2D eigenvalue weighted by Gasteiger charge is 2.48. The number of aryl methyl sites for hydroxylation is 1. The van der Waals surface area contributed by atoms with Gasteiger partial charge in [-0.1, -0.05) is 30.3 Å². The van der Waals surface area contributed by atoms with Gasteiger partial charge in [0.1, 0.15) is 11.3 Å². The Morgan fingerprint density at radius 1 is 1.26 bits per heavy atom. The Labute approximate surface area is 181 Å². The zero-order valence-electron chi connectivity index (χ0n) is 17.3. The van der Waals surface area contributed by atoms with E-state index in [0.29, 0.717) is 25.9 Å². The van der Waals surface area contributed by atoms with Crippen LogP contribution in [-0.4, -0.2) is 35.9 Å². The molecule has 31 heavy (non-hydrogen) atoms. The lowest BCUT2D eigenvalue weighted by Gasteiger charge is -2.49. The van der Waals surface area contributed by atoms with Crippen molar-refractivity contribution in [2.45, 2.75) is 31.2 Å². The van der Waals surface area contributed by atoms with Crippen molar-refractivity contribution in [3.63, 3.8) is 0 Å². The van der Waals surface area contributed by atoms with Crippen LogP contribution in [0.25, 0.3) is 0 Å². The lowest BCUT2D eigenvalue weighted by molar-refractivity contribution is -0.116. The minimum atomic E-state index is -1.15. The first kappa shape index (κ1) is 20.7. The van der Waals surface area contributed by atoms with Gasteiger partial charge in [0.15, 0.2) is 6.29 Å². The van der Waals surface area contributed by atoms with Gasteiger partial charge in [0.25, 0.3) is 0 Å². The van der Waals surface area contributed by atoms with E-state index in [9.17, 15) is 20.0 Å². The lowest BCUT2D eigenvalue weighted by Crippen LogP contribution is -2.59. The van der Waals surface area contributed by atoms with E-state index in [1.807, 2.05) is 29.2 Å². The van der Waals surface area contributed by atoms with Crippen LogP contribution in [0.15, 0.2) is 54.6 Å². The van der Waals surface area contributed by atoms with Gasteiger partial charge in [-0.05, 0) is 60.6 Å². The molecule has 2 aromatic carbocycles. The summed E-state index contributed by atoms with van der Waals surface area (Å²) in [6.07, 6.45) is 6.78. The van der Waals surface area contributed by atoms with Crippen molar-refractivity contribution in [3.05, 3.63) is 71.3 Å². The van der Waals surface area contributed by atoms with E-state index in [-0.39, 0.29) is 11.7 Å². The van der Waals surface area contributed by atoms with E-state index in [2.05, 4.69) is 17.5 Å². The van der Waals surface area contributed by atoms with Crippen molar-refractivity contribution >= 4 is 17.9 Å². The standard InChI is InChI=1S/C25H25N3O3/c26-16-21-15-20-4-1-3-19-5-2-14-28(24(19)20)25(21,17-29)12-10-23(31)27-13-11-18-6-8-22(30)9-7-18/h1,3-4,6-10,12,17,21,30H,2,5,11,13-15H2,(H,27,31). The molecule has 4 rings (SSSR count). The Morgan fingerprint density at radius 3 is 2.77 bits per heavy atom. The summed E-state index contributed by atoms with van der Waals surface area (Å²) >= 11 is 0. The number of phenolic OH excluding ortho intramolecular Hbond substituents is 1. The number of carbonyl (C=O) groups is 2. The minimum absolute atomic E-state index is 0.205. The van der Waals surface area contributed by atoms with Crippen LogP contribution >= 0.6 is 0 Å². The smallest absolute Gasteiger partial charge is 0.243 e. The number of amides is 1. The van der Waals surface area contributed by atoms with E-state index in [0.717, 1.165) is 35.9 Å². The first-order valence-corrected chi connectivity index (χ1v) is 10.6. The van der Waals surface area contributed by atoms with Crippen molar-refractivity contribution in [1.29, 1.82) is 5.26 Å². The number of phenols is 1.